The highest BCUT2D eigenvalue weighted by Crippen LogP contribution is 2.49. The van der Waals surface area contributed by atoms with Crippen LogP contribution in [0, 0.1) is 10.8 Å². The van der Waals surface area contributed by atoms with Crippen molar-refractivity contribution in [1.29, 1.82) is 0 Å². The highest BCUT2D eigenvalue weighted by molar-refractivity contribution is 5.83. The van der Waals surface area contributed by atoms with Crippen LogP contribution in [-0.4, -0.2) is 28.2 Å². The highest BCUT2D eigenvalue weighted by atomic mass is 19.3. The number of rotatable bonds is 3. The van der Waals surface area contributed by atoms with Crippen molar-refractivity contribution in [2.75, 3.05) is 0 Å². The zero-order valence-corrected chi connectivity index (χ0v) is 10.1. The van der Waals surface area contributed by atoms with Gasteiger partial charge in [0.15, 0.2) is 0 Å². The van der Waals surface area contributed by atoms with Crippen molar-refractivity contribution in [2.24, 2.45) is 10.8 Å². The molecular weight excluding hydrogens is 220 g/mol. The van der Waals surface area contributed by atoms with Crippen LogP contribution in [0.3, 0.4) is 0 Å². The Labute approximate surface area is 93.6 Å². The number of carbonyl (C=O) groups is 1. The van der Waals surface area contributed by atoms with E-state index in [1.54, 1.807) is 20.8 Å². The van der Waals surface area contributed by atoms with E-state index in [0.29, 0.717) is 0 Å². The summed E-state index contributed by atoms with van der Waals surface area (Å²) in [5.41, 5.74) is -3.99. The molecule has 0 saturated heterocycles. The first kappa shape index (κ1) is 15.2. The molecule has 0 aromatic heterocycles. The van der Waals surface area contributed by atoms with Crippen molar-refractivity contribution in [3.05, 3.63) is 0 Å². The van der Waals surface area contributed by atoms with Gasteiger partial charge in [0.2, 0.25) is 0 Å². The first-order chi connectivity index (χ1) is 6.92. The molecule has 96 valence electrons. The summed E-state index contributed by atoms with van der Waals surface area (Å²) in [6.45, 7) is 6.71. The molecule has 3 N–H and O–H groups in total. The van der Waals surface area contributed by atoms with Gasteiger partial charge in [0.05, 0.1) is 5.41 Å². The van der Waals surface area contributed by atoms with Gasteiger partial charge < -0.3 is 5.11 Å². The summed E-state index contributed by atoms with van der Waals surface area (Å²) < 4.78 is 25.6. The number of hydrogen-bond donors (Lipinski definition) is 3. The van der Waals surface area contributed by atoms with E-state index in [1.165, 1.54) is 12.4 Å². The Kier molecular flexibility index (Phi) is 4.05. The zero-order valence-electron chi connectivity index (χ0n) is 10.1. The maximum atomic E-state index is 12.8. The summed E-state index contributed by atoms with van der Waals surface area (Å²) in [5.74, 6) is -1.04. The molecule has 0 aliphatic rings. The van der Waals surface area contributed by atoms with E-state index < -0.39 is 28.8 Å². The van der Waals surface area contributed by atoms with E-state index in [1.807, 2.05) is 0 Å². The lowest BCUT2D eigenvalue weighted by Gasteiger charge is -2.48. The van der Waals surface area contributed by atoms with Gasteiger partial charge in [-0.15, -0.1) is 0 Å². The third-order valence-corrected chi connectivity index (χ3v) is 3.49. The molecule has 0 rings (SSSR count). The molecule has 0 spiro atoms. The highest BCUT2D eigenvalue weighted by Gasteiger charge is 2.60. The van der Waals surface area contributed by atoms with Crippen LogP contribution in [0.2, 0.25) is 0 Å². The summed E-state index contributed by atoms with van der Waals surface area (Å²) >= 11 is 0. The summed E-state index contributed by atoms with van der Waals surface area (Å²) in [6.07, 6.45) is -3.10. The molecule has 1 amide bonds. The molecule has 0 heterocycles. The molecule has 0 saturated carbocycles. The molecule has 2 unspecified atom stereocenters. The standard InChI is InChI=1S/C10H19F2NO3/c1-8(2,3)9(4,7(14)13-16)10(5,15)6(11)12/h6,15-16H,1-5H3,(H,13,14). The third-order valence-electron chi connectivity index (χ3n) is 3.49. The predicted molar refractivity (Wildman–Crippen MR) is 54.1 cm³/mol. The molecule has 2 atom stereocenters. The number of alkyl halides is 2. The Morgan fingerprint density at radius 3 is 1.75 bits per heavy atom. The minimum atomic E-state index is -3.10. The van der Waals surface area contributed by atoms with Crippen LogP contribution < -0.4 is 5.48 Å². The largest absolute Gasteiger partial charge is 0.383 e. The van der Waals surface area contributed by atoms with Crippen molar-refractivity contribution in [3.63, 3.8) is 0 Å². The van der Waals surface area contributed by atoms with E-state index in [9.17, 15) is 18.7 Å². The van der Waals surface area contributed by atoms with Crippen LogP contribution in [0.15, 0.2) is 0 Å². The van der Waals surface area contributed by atoms with Gasteiger partial charge in [0, 0.05) is 0 Å². The number of hydrogen-bond acceptors (Lipinski definition) is 3. The van der Waals surface area contributed by atoms with Gasteiger partial charge in [-0.25, -0.2) is 14.3 Å². The van der Waals surface area contributed by atoms with Crippen LogP contribution in [0.4, 0.5) is 8.78 Å². The van der Waals surface area contributed by atoms with E-state index in [-0.39, 0.29) is 0 Å². The Morgan fingerprint density at radius 1 is 1.19 bits per heavy atom. The average molecular weight is 239 g/mol. The minimum absolute atomic E-state index is 0.887. The van der Waals surface area contributed by atoms with E-state index in [2.05, 4.69) is 0 Å². The molecule has 16 heavy (non-hydrogen) atoms. The Bertz CT molecular complexity index is 274. The second kappa shape index (κ2) is 4.25. The van der Waals surface area contributed by atoms with Crippen LogP contribution in [0.5, 0.6) is 0 Å². The number of hydroxylamine groups is 1. The van der Waals surface area contributed by atoms with Crippen LogP contribution in [-0.2, 0) is 4.79 Å². The van der Waals surface area contributed by atoms with Crippen molar-refractivity contribution >= 4 is 5.91 Å². The van der Waals surface area contributed by atoms with E-state index in [0.717, 1.165) is 6.92 Å². The maximum Gasteiger partial charge on any atom is 0.267 e. The van der Waals surface area contributed by atoms with Crippen LogP contribution in [0.25, 0.3) is 0 Å². The van der Waals surface area contributed by atoms with E-state index >= 15 is 0 Å². The van der Waals surface area contributed by atoms with Crippen molar-refractivity contribution in [3.8, 4) is 0 Å². The van der Waals surface area contributed by atoms with Gasteiger partial charge in [-0.1, -0.05) is 20.8 Å². The fraction of sp³-hybridized carbons (Fsp3) is 0.900. The predicted octanol–water partition coefficient (Wildman–Crippen LogP) is 1.56. The van der Waals surface area contributed by atoms with Gasteiger partial charge >= 0.3 is 0 Å². The Balaban J connectivity index is 5.70. The first-order valence-corrected chi connectivity index (χ1v) is 4.88. The molecule has 0 radical (unpaired) electrons. The van der Waals surface area contributed by atoms with Gasteiger partial charge in [0.1, 0.15) is 5.60 Å². The van der Waals surface area contributed by atoms with Crippen molar-refractivity contribution in [1.82, 2.24) is 5.48 Å². The number of amides is 1. The van der Waals surface area contributed by atoms with Crippen molar-refractivity contribution in [2.45, 2.75) is 46.6 Å². The fourth-order valence-electron chi connectivity index (χ4n) is 1.66. The van der Waals surface area contributed by atoms with Crippen LogP contribution >= 0.6 is 0 Å². The summed E-state index contributed by atoms with van der Waals surface area (Å²) in [4.78, 5) is 11.6. The summed E-state index contributed by atoms with van der Waals surface area (Å²) in [6, 6.07) is 0. The number of carbonyl (C=O) groups excluding carboxylic acids is 1. The van der Waals surface area contributed by atoms with Gasteiger partial charge in [-0.3, -0.25) is 10.0 Å². The van der Waals surface area contributed by atoms with Gasteiger partial charge in [-0.2, -0.15) is 0 Å². The van der Waals surface area contributed by atoms with Crippen LogP contribution in [0.1, 0.15) is 34.6 Å². The quantitative estimate of drug-likeness (QED) is 0.517. The lowest BCUT2D eigenvalue weighted by molar-refractivity contribution is -0.204. The number of nitrogens with one attached hydrogen (secondary N) is 1. The molecule has 0 bridgehead atoms. The molecule has 0 aliphatic carbocycles. The minimum Gasteiger partial charge on any atom is -0.383 e. The fourth-order valence-corrected chi connectivity index (χ4v) is 1.66. The number of aliphatic hydroxyl groups is 1. The smallest absolute Gasteiger partial charge is 0.267 e. The molecule has 0 fully saturated rings. The summed E-state index contributed by atoms with van der Waals surface area (Å²) in [7, 11) is 0. The first-order valence-electron chi connectivity index (χ1n) is 4.88. The zero-order chi connectivity index (χ0) is 13.4. The maximum absolute atomic E-state index is 12.8. The van der Waals surface area contributed by atoms with E-state index in [4.69, 9.17) is 5.21 Å². The molecular formula is C10H19F2NO3. The molecule has 0 aromatic carbocycles. The second-order valence-corrected chi connectivity index (χ2v) is 5.26. The normalized spacial score (nSPS) is 20.1. The average Bonchev–Trinajstić information content (AvgIpc) is 2.12. The Morgan fingerprint density at radius 2 is 1.56 bits per heavy atom. The number of halogens is 2. The van der Waals surface area contributed by atoms with Gasteiger partial charge in [-0.05, 0) is 19.3 Å². The molecule has 0 aliphatic heterocycles. The topological polar surface area (TPSA) is 69.6 Å². The molecule has 4 nitrogen and oxygen atoms in total. The monoisotopic (exact) mass is 239 g/mol. The SMILES string of the molecule is CC(C)(C)C(C)(C(=O)NO)C(C)(O)C(F)F. The lowest BCUT2D eigenvalue weighted by atomic mass is 9.58. The summed E-state index contributed by atoms with van der Waals surface area (Å²) in [5, 5.41) is 18.4. The molecule has 6 heteroatoms. The Hall–Kier alpha value is -0.750. The van der Waals surface area contributed by atoms with Crippen molar-refractivity contribution < 1.29 is 23.9 Å². The second-order valence-electron chi connectivity index (χ2n) is 5.26. The lowest BCUT2D eigenvalue weighted by Crippen LogP contribution is -2.62. The third kappa shape index (κ3) is 2.04. The van der Waals surface area contributed by atoms with Gasteiger partial charge in [0.25, 0.3) is 12.3 Å². The molecule has 0 aromatic rings.